The van der Waals surface area contributed by atoms with E-state index in [2.05, 4.69) is 39.8 Å². The van der Waals surface area contributed by atoms with Crippen LogP contribution in [0.25, 0.3) is 0 Å². The third kappa shape index (κ3) is 3.94. The van der Waals surface area contributed by atoms with E-state index in [0.29, 0.717) is 35.7 Å². The van der Waals surface area contributed by atoms with Crippen molar-refractivity contribution in [1.29, 1.82) is 0 Å². The standard InChI is InChI=1S/C27H32Cl4O2/c1-25(2)13-27(17-11-19(28)15(7-5-9-32)23(30)21(17)25)14-26(3,4)22-18(27)12-20(29)16(24(22)31)8-6-10-33/h11-12,32-33H,5-10,13-14H2,1-4H3. The number of fused-ring (bicyclic) bond motifs is 4. The average molecular weight is 530 g/mol. The molecule has 2 nitrogen and oxygen atoms in total. The van der Waals surface area contributed by atoms with Gasteiger partial charge in [-0.3, -0.25) is 0 Å². The molecule has 0 aliphatic heterocycles. The average Bonchev–Trinajstić information content (AvgIpc) is 3.06. The van der Waals surface area contributed by atoms with Crippen LogP contribution in [0.3, 0.4) is 0 Å². The van der Waals surface area contributed by atoms with Crippen LogP contribution in [-0.4, -0.2) is 23.4 Å². The maximum Gasteiger partial charge on any atom is 0.0493 e. The fourth-order valence-electron chi connectivity index (χ4n) is 6.64. The van der Waals surface area contributed by atoms with Gasteiger partial charge in [-0.2, -0.15) is 0 Å². The van der Waals surface area contributed by atoms with E-state index in [1.807, 2.05) is 0 Å². The Hall–Kier alpha value is -0.480. The zero-order chi connectivity index (χ0) is 24.3. The van der Waals surface area contributed by atoms with Crippen LogP contribution in [0.5, 0.6) is 0 Å². The van der Waals surface area contributed by atoms with E-state index in [9.17, 15) is 10.2 Å². The van der Waals surface area contributed by atoms with Gasteiger partial charge in [-0.15, -0.1) is 0 Å². The van der Waals surface area contributed by atoms with Crippen LogP contribution in [0, 0.1) is 0 Å². The second kappa shape index (κ2) is 8.87. The van der Waals surface area contributed by atoms with E-state index in [1.54, 1.807) is 0 Å². The number of aliphatic hydroxyl groups is 2. The molecule has 2 aromatic carbocycles. The molecule has 0 unspecified atom stereocenters. The summed E-state index contributed by atoms with van der Waals surface area (Å²) < 4.78 is 0. The summed E-state index contributed by atoms with van der Waals surface area (Å²) in [7, 11) is 0. The van der Waals surface area contributed by atoms with Gasteiger partial charge in [0.15, 0.2) is 0 Å². The third-order valence-electron chi connectivity index (χ3n) is 7.67. The van der Waals surface area contributed by atoms with Gasteiger partial charge in [0.05, 0.1) is 0 Å². The second-order valence-corrected chi connectivity index (χ2v) is 12.6. The summed E-state index contributed by atoms with van der Waals surface area (Å²) in [4.78, 5) is 0. The Morgan fingerprint density at radius 3 is 1.39 bits per heavy atom. The van der Waals surface area contributed by atoms with Crippen molar-refractivity contribution in [2.75, 3.05) is 13.2 Å². The van der Waals surface area contributed by atoms with E-state index in [-0.39, 0.29) is 29.5 Å². The van der Waals surface area contributed by atoms with Crippen LogP contribution >= 0.6 is 46.4 Å². The monoisotopic (exact) mass is 528 g/mol. The molecule has 180 valence electrons. The first-order valence-corrected chi connectivity index (χ1v) is 13.2. The van der Waals surface area contributed by atoms with E-state index in [0.717, 1.165) is 45.1 Å². The lowest BCUT2D eigenvalue weighted by molar-refractivity contribution is 0.288. The molecule has 1 spiro atoms. The maximum absolute atomic E-state index is 9.34. The van der Waals surface area contributed by atoms with Crippen LogP contribution in [0.1, 0.15) is 86.8 Å². The molecular formula is C27H32Cl4O2. The number of benzene rings is 2. The highest BCUT2D eigenvalue weighted by Gasteiger charge is 2.58. The fraction of sp³-hybridized carbons (Fsp3) is 0.556. The van der Waals surface area contributed by atoms with Gasteiger partial charge in [0.25, 0.3) is 0 Å². The van der Waals surface area contributed by atoms with Crippen molar-refractivity contribution in [3.05, 3.63) is 65.6 Å². The smallest absolute Gasteiger partial charge is 0.0493 e. The van der Waals surface area contributed by atoms with Gasteiger partial charge in [0.1, 0.15) is 0 Å². The molecule has 0 saturated carbocycles. The molecular weight excluding hydrogens is 498 g/mol. The normalized spacial score (nSPS) is 19.2. The van der Waals surface area contributed by atoms with Gasteiger partial charge in [-0.1, -0.05) is 74.1 Å². The van der Waals surface area contributed by atoms with Crippen LogP contribution in [-0.2, 0) is 29.1 Å². The van der Waals surface area contributed by atoms with Crippen molar-refractivity contribution in [3.63, 3.8) is 0 Å². The third-order valence-corrected chi connectivity index (χ3v) is 9.18. The molecule has 0 atom stereocenters. The lowest BCUT2D eigenvalue weighted by Gasteiger charge is -2.30. The first-order valence-electron chi connectivity index (χ1n) is 11.7. The number of hydrogen-bond donors (Lipinski definition) is 2. The Labute approximate surface area is 217 Å². The SMILES string of the molecule is CC1(C)CC2(CC(C)(C)c3c2cc(Cl)c(CCCO)c3Cl)c2cc(Cl)c(CCCO)c(Cl)c21. The molecule has 0 radical (unpaired) electrons. The summed E-state index contributed by atoms with van der Waals surface area (Å²) in [6.07, 6.45) is 4.35. The Balaban J connectivity index is 1.98. The van der Waals surface area contributed by atoms with Gasteiger partial charge in [0.2, 0.25) is 0 Å². The Bertz CT molecular complexity index is 1020. The van der Waals surface area contributed by atoms with Crippen LogP contribution in [0.15, 0.2) is 12.1 Å². The van der Waals surface area contributed by atoms with E-state index >= 15 is 0 Å². The van der Waals surface area contributed by atoms with Crippen molar-refractivity contribution >= 4 is 46.4 Å². The first-order chi connectivity index (χ1) is 15.4. The zero-order valence-electron chi connectivity index (χ0n) is 19.7. The minimum absolute atomic E-state index is 0.105. The first kappa shape index (κ1) is 25.6. The van der Waals surface area contributed by atoms with Crippen molar-refractivity contribution in [2.45, 2.75) is 82.5 Å². The molecule has 6 heteroatoms. The van der Waals surface area contributed by atoms with E-state index < -0.39 is 0 Å². The predicted molar refractivity (Wildman–Crippen MR) is 140 cm³/mol. The van der Waals surface area contributed by atoms with Gasteiger partial charge >= 0.3 is 0 Å². The Kier molecular flexibility index (Phi) is 6.89. The molecule has 2 N–H and O–H groups in total. The number of halogens is 4. The molecule has 2 aliphatic carbocycles. The van der Waals surface area contributed by atoms with Crippen molar-refractivity contribution < 1.29 is 10.2 Å². The summed E-state index contributed by atoms with van der Waals surface area (Å²) >= 11 is 27.7. The van der Waals surface area contributed by atoms with Gasteiger partial charge in [-0.25, -0.2) is 0 Å². The molecule has 0 amide bonds. The molecule has 2 aliphatic rings. The molecule has 33 heavy (non-hydrogen) atoms. The predicted octanol–water partition coefficient (Wildman–Crippen LogP) is 7.80. The topological polar surface area (TPSA) is 40.5 Å². The number of hydrogen-bond acceptors (Lipinski definition) is 2. The largest absolute Gasteiger partial charge is 0.396 e. The maximum atomic E-state index is 9.34. The molecule has 0 aromatic heterocycles. The lowest BCUT2D eigenvalue weighted by Crippen LogP contribution is -2.27. The lowest BCUT2D eigenvalue weighted by atomic mass is 9.72. The summed E-state index contributed by atoms with van der Waals surface area (Å²) in [5.41, 5.74) is 5.92. The zero-order valence-corrected chi connectivity index (χ0v) is 22.7. The van der Waals surface area contributed by atoms with Crippen molar-refractivity contribution in [1.82, 2.24) is 0 Å². The number of aliphatic hydroxyl groups excluding tert-OH is 2. The van der Waals surface area contributed by atoms with Crippen molar-refractivity contribution in [2.24, 2.45) is 0 Å². The van der Waals surface area contributed by atoms with E-state index in [4.69, 9.17) is 46.4 Å². The summed E-state index contributed by atoms with van der Waals surface area (Å²) in [6, 6.07) is 4.22. The Morgan fingerprint density at radius 1 is 0.697 bits per heavy atom. The fourth-order valence-corrected chi connectivity index (χ4v) is 8.44. The minimum atomic E-state index is -0.275. The highest BCUT2D eigenvalue weighted by molar-refractivity contribution is 6.37. The van der Waals surface area contributed by atoms with Gasteiger partial charge in [0, 0.05) is 38.7 Å². The molecule has 0 fully saturated rings. The highest BCUT2D eigenvalue weighted by Crippen LogP contribution is 2.66. The van der Waals surface area contributed by atoms with Crippen LogP contribution in [0.2, 0.25) is 20.1 Å². The molecule has 2 aromatic rings. The van der Waals surface area contributed by atoms with Crippen LogP contribution in [0.4, 0.5) is 0 Å². The highest BCUT2D eigenvalue weighted by atomic mass is 35.5. The minimum Gasteiger partial charge on any atom is -0.396 e. The van der Waals surface area contributed by atoms with E-state index in [1.165, 1.54) is 11.1 Å². The van der Waals surface area contributed by atoms with Gasteiger partial charge in [-0.05, 0) is 94.9 Å². The quantitative estimate of drug-likeness (QED) is 0.400. The Morgan fingerprint density at radius 2 is 1.06 bits per heavy atom. The summed E-state index contributed by atoms with van der Waals surface area (Å²) in [5, 5.41) is 21.5. The second-order valence-electron chi connectivity index (χ2n) is 11.0. The van der Waals surface area contributed by atoms with Crippen molar-refractivity contribution in [3.8, 4) is 0 Å². The van der Waals surface area contributed by atoms with Crippen LogP contribution < -0.4 is 0 Å². The summed E-state index contributed by atoms with van der Waals surface area (Å²) in [5.74, 6) is 0. The molecule has 0 saturated heterocycles. The summed E-state index contributed by atoms with van der Waals surface area (Å²) in [6.45, 7) is 9.21. The number of rotatable bonds is 6. The molecule has 4 rings (SSSR count). The molecule has 0 bridgehead atoms. The molecule has 0 heterocycles. The van der Waals surface area contributed by atoms with Gasteiger partial charge < -0.3 is 10.2 Å².